The van der Waals surface area contributed by atoms with Crippen LogP contribution in [0, 0.1) is 5.82 Å². The van der Waals surface area contributed by atoms with Crippen molar-refractivity contribution < 1.29 is 32.9 Å². The number of halogens is 1. The van der Waals surface area contributed by atoms with Gasteiger partial charge in [0.05, 0.1) is 19.8 Å². The topological polar surface area (TPSA) is 71.1 Å². The van der Waals surface area contributed by atoms with E-state index >= 15 is 0 Å². The van der Waals surface area contributed by atoms with Gasteiger partial charge in [-0.15, -0.1) is 0 Å². The number of methoxy groups -OCH3 is 2. The third-order valence-corrected chi connectivity index (χ3v) is 4.21. The number of hydrogen-bond donors (Lipinski definition) is 0. The van der Waals surface area contributed by atoms with Crippen molar-refractivity contribution in [1.82, 2.24) is 0 Å². The number of benzene rings is 3. The fraction of sp³-hybridized carbons (Fsp3) is 0.130. The second-order valence-corrected chi connectivity index (χ2v) is 6.16. The molecule has 0 aromatic heterocycles. The molecule has 0 atom stereocenters. The van der Waals surface area contributed by atoms with Crippen LogP contribution in [0.1, 0.15) is 26.3 Å². The average molecular weight is 410 g/mol. The van der Waals surface area contributed by atoms with Crippen molar-refractivity contribution in [3.63, 3.8) is 0 Å². The molecule has 7 heteroatoms. The Morgan fingerprint density at radius 2 is 1.50 bits per heavy atom. The zero-order valence-electron chi connectivity index (χ0n) is 16.4. The third kappa shape index (κ3) is 4.94. The molecule has 3 aromatic carbocycles. The van der Waals surface area contributed by atoms with Crippen molar-refractivity contribution in [2.75, 3.05) is 14.2 Å². The third-order valence-electron chi connectivity index (χ3n) is 4.21. The van der Waals surface area contributed by atoms with E-state index in [1.807, 2.05) is 18.2 Å². The molecule has 0 N–H and O–H groups in total. The van der Waals surface area contributed by atoms with Crippen LogP contribution in [0.4, 0.5) is 4.39 Å². The predicted octanol–water partition coefficient (Wildman–Crippen LogP) is 4.42. The zero-order valence-corrected chi connectivity index (χ0v) is 16.4. The van der Waals surface area contributed by atoms with Gasteiger partial charge in [0.2, 0.25) is 0 Å². The zero-order chi connectivity index (χ0) is 21.5. The lowest BCUT2D eigenvalue weighted by molar-refractivity contribution is 0.0467. The predicted molar refractivity (Wildman–Crippen MR) is 106 cm³/mol. The molecular weight excluding hydrogens is 391 g/mol. The van der Waals surface area contributed by atoms with Gasteiger partial charge < -0.3 is 18.9 Å². The SMILES string of the molecule is COc1ccc(C(=O)Oc2ccc(C(=O)OCc3ccccc3)c(F)c2)c(OC)c1. The molecule has 0 aliphatic rings. The normalized spacial score (nSPS) is 10.2. The van der Waals surface area contributed by atoms with Gasteiger partial charge in [-0.05, 0) is 29.8 Å². The summed E-state index contributed by atoms with van der Waals surface area (Å²) in [6.07, 6.45) is 0. The van der Waals surface area contributed by atoms with Crippen molar-refractivity contribution in [1.29, 1.82) is 0 Å². The summed E-state index contributed by atoms with van der Waals surface area (Å²) in [6.45, 7) is 0.0209. The Morgan fingerprint density at radius 1 is 0.800 bits per heavy atom. The highest BCUT2D eigenvalue weighted by Gasteiger charge is 2.18. The molecule has 0 saturated carbocycles. The first-order valence-electron chi connectivity index (χ1n) is 8.96. The van der Waals surface area contributed by atoms with Crippen LogP contribution >= 0.6 is 0 Å². The Hall–Kier alpha value is -3.87. The maximum Gasteiger partial charge on any atom is 0.347 e. The van der Waals surface area contributed by atoms with Gasteiger partial charge in [-0.2, -0.15) is 0 Å². The molecule has 3 aromatic rings. The van der Waals surface area contributed by atoms with Gasteiger partial charge in [0.1, 0.15) is 35.2 Å². The van der Waals surface area contributed by atoms with Crippen LogP contribution in [0.25, 0.3) is 0 Å². The van der Waals surface area contributed by atoms with Crippen LogP contribution in [0.3, 0.4) is 0 Å². The number of hydrogen-bond acceptors (Lipinski definition) is 6. The van der Waals surface area contributed by atoms with Gasteiger partial charge >= 0.3 is 11.9 Å². The van der Waals surface area contributed by atoms with Crippen LogP contribution in [-0.4, -0.2) is 26.2 Å². The van der Waals surface area contributed by atoms with E-state index in [1.54, 1.807) is 18.2 Å². The second-order valence-electron chi connectivity index (χ2n) is 6.16. The molecule has 0 amide bonds. The highest BCUT2D eigenvalue weighted by atomic mass is 19.1. The Kier molecular flexibility index (Phi) is 6.64. The van der Waals surface area contributed by atoms with Crippen molar-refractivity contribution in [2.24, 2.45) is 0 Å². The first-order valence-corrected chi connectivity index (χ1v) is 8.96. The minimum Gasteiger partial charge on any atom is -0.497 e. The van der Waals surface area contributed by atoms with Gasteiger partial charge in [0, 0.05) is 12.1 Å². The monoisotopic (exact) mass is 410 g/mol. The molecule has 0 fully saturated rings. The number of carbonyl (C=O) groups is 2. The van der Waals surface area contributed by atoms with Gasteiger partial charge in [-0.3, -0.25) is 0 Å². The van der Waals surface area contributed by atoms with Crippen LogP contribution in [0.2, 0.25) is 0 Å². The van der Waals surface area contributed by atoms with E-state index in [-0.39, 0.29) is 29.2 Å². The molecule has 154 valence electrons. The summed E-state index contributed by atoms with van der Waals surface area (Å²) in [5.74, 6) is -1.72. The van der Waals surface area contributed by atoms with Crippen LogP contribution in [0.5, 0.6) is 17.2 Å². The molecule has 0 radical (unpaired) electrons. The largest absolute Gasteiger partial charge is 0.497 e. The number of ether oxygens (including phenoxy) is 4. The van der Waals surface area contributed by atoms with E-state index in [2.05, 4.69) is 0 Å². The number of carbonyl (C=O) groups excluding carboxylic acids is 2. The number of esters is 2. The lowest BCUT2D eigenvalue weighted by atomic mass is 10.2. The first kappa shape index (κ1) is 20.9. The molecule has 0 unspecified atom stereocenters. The van der Waals surface area contributed by atoms with E-state index in [1.165, 1.54) is 38.5 Å². The Labute approximate surface area is 172 Å². The Morgan fingerprint density at radius 3 is 2.17 bits per heavy atom. The molecule has 0 aliphatic heterocycles. The fourth-order valence-corrected chi connectivity index (χ4v) is 2.65. The van der Waals surface area contributed by atoms with Crippen molar-refractivity contribution >= 4 is 11.9 Å². The average Bonchev–Trinajstić information content (AvgIpc) is 2.77. The van der Waals surface area contributed by atoms with Crippen molar-refractivity contribution in [2.45, 2.75) is 6.61 Å². The molecule has 0 heterocycles. The smallest absolute Gasteiger partial charge is 0.347 e. The molecule has 3 rings (SSSR count). The van der Waals surface area contributed by atoms with E-state index in [9.17, 15) is 14.0 Å². The summed E-state index contributed by atoms with van der Waals surface area (Å²) in [5, 5.41) is 0. The molecular formula is C23H19FO6. The van der Waals surface area contributed by atoms with E-state index in [0.717, 1.165) is 11.6 Å². The molecule has 0 saturated heterocycles. The highest BCUT2D eigenvalue weighted by Crippen LogP contribution is 2.26. The Balaban J connectivity index is 1.69. The minimum absolute atomic E-state index is 0.0209. The van der Waals surface area contributed by atoms with Crippen molar-refractivity contribution in [3.8, 4) is 17.2 Å². The fourth-order valence-electron chi connectivity index (χ4n) is 2.65. The lowest BCUT2D eigenvalue weighted by Gasteiger charge is -2.11. The minimum atomic E-state index is -0.861. The lowest BCUT2D eigenvalue weighted by Crippen LogP contribution is -2.12. The van der Waals surface area contributed by atoms with Gasteiger partial charge in [0.15, 0.2) is 0 Å². The Bertz CT molecular complexity index is 1050. The standard InChI is InChI=1S/C23H19FO6/c1-27-16-8-11-19(21(13-16)28-2)23(26)30-17-9-10-18(20(24)12-17)22(25)29-14-15-6-4-3-5-7-15/h3-13H,14H2,1-2H3. The summed E-state index contributed by atoms with van der Waals surface area (Å²) in [4.78, 5) is 24.6. The van der Waals surface area contributed by atoms with E-state index in [0.29, 0.717) is 5.75 Å². The second kappa shape index (κ2) is 9.56. The molecule has 0 aliphatic carbocycles. The molecule has 0 bridgehead atoms. The quantitative estimate of drug-likeness (QED) is 0.424. The summed E-state index contributed by atoms with van der Waals surface area (Å²) in [6, 6.07) is 17.1. The van der Waals surface area contributed by atoms with E-state index in [4.69, 9.17) is 18.9 Å². The van der Waals surface area contributed by atoms with Crippen LogP contribution in [-0.2, 0) is 11.3 Å². The molecule has 30 heavy (non-hydrogen) atoms. The molecule has 0 spiro atoms. The highest BCUT2D eigenvalue weighted by molar-refractivity contribution is 5.94. The summed E-state index contributed by atoms with van der Waals surface area (Å²) in [5.41, 5.74) is 0.670. The van der Waals surface area contributed by atoms with Crippen LogP contribution < -0.4 is 14.2 Å². The molecule has 6 nitrogen and oxygen atoms in total. The first-order chi connectivity index (χ1) is 14.5. The van der Waals surface area contributed by atoms with Crippen molar-refractivity contribution in [3.05, 3.63) is 89.2 Å². The maximum atomic E-state index is 14.4. The van der Waals surface area contributed by atoms with Gasteiger partial charge in [0.25, 0.3) is 0 Å². The van der Waals surface area contributed by atoms with Gasteiger partial charge in [-0.25, -0.2) is 14.0 Å². The van der Waals surface area contributed by atoms with Gasteiger partial charge in [-0.1, -0.05) is 30.3 Å². The summed E-state index contributed by atoms with van der Waals surface area (Å²) in [7, 11) is 2.89. The maximum absolute atomic E-state index is 14.4. The summed E-state index contributed by atoms with van der Waals surface area (Å²) >= 11 is 0. The van der Waals surface area contributed by atoms with E-state index < -0.39 is 17.8 Å². The number of rotatable bonds is 7. The summed E-state index contributed by atoms with van der Waals surface area (Å²) < 4.78 is 35.0. The van der Waals surface area contributed by atoms with Crippen LogP contribution in [0.15, 0.2) is 66.7 Å².